The molecule has 0 bridgehead atoms. The van der Waals surface area contributed by atoms with Gasteiger partial charge in [-0.15, -0.1) is 0 Å². The Labute approximate surface area is 83.0 Å². The molecular formula is C12H12N2. The van der Waals surface area contributed by atoms with Gasteiger partial charge in [0.1, 0.15) is 0 Å². The highest BCUT2D eigenvalue weighted by molar-refractivity contribution is 5.36. The van der Waals surface area contributed by atoms with Gasteiger partial charge in [-0.25, -0.2) is 0 Å². The fourth-order valence-electron chi connectivity index (χ4n) is 2.28. The van der Waals surface area contributed by atoms with Crippen LogP contribution in [0.5, 0.6) is 0 Å². The lowest BCUT2D eigenvalue weighted by molar-refractivity contribution is 0.742. The molecule has 2 aromatic rings. The van der Waals surface area contributed by atoms with Crippen LogP contribution >= 0.6 is 0 Å². The third-order valence-corrected chi connectivity index (χ3v) is 3.04. The van der Waals surface area contributed by atoms with Crippen molar-refractivity contribution in [1.29, 1.82) is 0 Å². The summed E-state index contributed by atoms with van der Waals surface area (Å²) in [5.74, 6) is 0.631. The molecule has 70 valence electrons. The van der Waals surface area contributed by atoms with Gasteiger partial charge < -0.3 is 0 Å². The minimum Gasteiger partial charge on any atom is -0.285 e. The van der Waals surface area contributed by atoms with Gasteiger partial charge in [0.2, 0.25) is 0 Å². The quantitative estimate of drug-likeness (QED) is 0.723. The van der Waals surface area contributed by atoms with E-state index in [0.29, 0.717) is 5.92 Å². The Balaban J connectivity index is 1.92. The molecule has 1 aromatic carbocycles. The molecule has 0 fully saturated rings. The van der Waals surface area contributed by atoms with E-state index in [1.54, 1.807) is 0 Å². The normalized spacial score (nSPS) is 15.7. The Bertz CT molecular complexity index is 406. The predicted octanol–water partition coefficient (Wildman–Crippen LogP) is 2.29. The lowest BCUT2D eigenvalue weighted by atomic mass is 10.00. The summed E-state index contributed by atoms with van der Waals surface area (Å²) in [7, 11) is 0. The summed E-state index contributed by atoms with van der Waals surface area (Å²) in [5.41, 5.74) is 4.33. The van der Waals surface area contributed by atoms with E-state index < -0.39 is 0 Å². The number of hydrogen-bond donors (Lipinski definition) is 1. The average molecular weight is 184 g/mol. The van der Waals surface area contributed by atoms with Crippen molar-refractivity contribution in [2.75, 3.05) is 0 Å². The smallest absolute Gasteiger partial charge is 0.0522 e. The summed E-state index contributed by atoms with van der Waals surface area (Å²) in [6.45, 7) is 0. The summed E-state index contributed by atoms with van der Waals surface area (Å²) in [6.07, 6.45) is 6.28. The second-order valence-corrected chi connectivity index (χ2v) is 3.91. The summed E-state index contributed by atoms with van der Waals surface area (Å²) in [4.78, 5) is 0. The lowest BCUT2D eigenvalue weighted by Crippen LogP contribution is -1.95. The van der Waals surface area contributed by atoms with Crippen molar-refractivity contribution in [3.8, 4) is 0 Å². The molecule has 0 saturated heterocycles. The van der Waals surface area contributed by atoms with E-state index in [2.05, 4.69) is 34.5 Å². The minimum atomic E-state index is 0.631. The minimum absolute atomic E-state index is 0.631. The molecule has 14 heavy (non-hydrogen) atoms. The van der Waals surface area contributed by atoms with Crippen LogP contribution in [0.15, 0.2) is 36.7 Å². The van der Waals surface area contributed by atoms with Crippen LogP contribution in [0.2, 0.25) is 0 Å². The van der Waals surface area contributed by atoms with Gasteiger partial charge in [0.15, 0.2) is 0 Å². The maximum atomic E-state index is 4.00. The predicted molar refractivity (Wildman–Crippen MR) is 55.2 cm³/mol. The zero-order valence-corrected chi connectivity index (χ0v) is 7.90. The third kappa shape index (κ3) is 1.15. The number of aromatic nitrogens is 2. The van der Waals surface area contributed by atoms with Crippen molar-refractivity contribution >= 4 is 0 Å². The third-order valence-electron chi connectivity index (χ3n) is 3.04. The summed E-state index contributed by atoms with van der Waals surface area (Å²) < 4.78 is 0. The number of fused-ring (bicyclic) bond motifs is 1. The van der Waals surface area contributed by atoms with Crippen LogP contribution in [0.4, 0.5) is 0 Å². The molecule has 3 rings (SSSR count). The van der Waals surface area contributed by atoms with Gasteiger partial charge in [0.05, 0.1) is 6.20 Å². The second kappa shape index (κ2) is 2.98. The zero-order valence-electron chi connectivity index (χ0n) is 7.90. The number of rotatable bonds is 1. The van der Waals surface area contributed by atoms with Crippen LogP contribution in [0, 0.1) is 0 Å². The van der Waals surface area contributed by atoms with Crippen LogP contribution < -0.4 is 0 Å². The van der Waals surface area contributed by atoms with Gasteiger partial charge in [-0.05, 0) is 35.4 Å². The molecule has 2 nitrogen and oxygen atoms in total. The Morgan fingerprint density at radius 3 is 2.43 bits per heavy atom. The van der Waals surface area contributed by atoms with Gasteiger partial charge in [0, 0.05) is 6.20 Å². The second-order valence-electron chi connectivity index (χ2n) is 3.91. The monoisotopic (exact) mass is 184 g/mol. The van der Waals surface area contributed by atoms with E-state index in [4.69, 9.17) is 0 Å². The highest BCUT2D eigenvalue weighted by Gasteiger charge is 2.22. The number of aromatic amines is 1. The molecule has 1 heterocycles. The van der Waals surface area contributed by atoms with Crippen molar-refractivity contribution in [3.05, 3.63) is 53.3 Å². The fraction of sp³-hybridized carbons (Fsp3) is 0.250. The van der Waals surface area contributed by atoms with Gasteiger partial charge in [-0.3, -0.25) is 5.10 Å². The summed E-state index contributed by atoms with van der Waals surface area (Å²) in [5, 5.41) is 6.89. The molecule has 0 amide bonds. The average Bonchev–Trinajstić information content (AvgIpc) is 2.86. The molecule has 1 aromatic heterocycles. The molecule has 0 atom stereocenters. The van der Waals surface area contributed by atoms with E-state index in [1.165, 1.54) is 16.7 Å². The number of benzene rings is 1. The molecule has 1 N–H and O–H groups in total. The largest absolute Gasteiger partial charge is 0.285 e. The van der Waals surface area contributed by atoms with Crippen LogP contribution in [0.25, 0.3) is 0 Å². The first-order valence-electron chi connectivity index (χ1n) is 4.99. The van der Waals surface area contributed by atoms with Crippen LogP contribution in [-0.4, -0.2) is 10.2 Å². The number of hydrogen-bond acceptors (Lipinski definition) is 1. The highest BCUT2D eigenvalue weighted by atomic mass is 15.1. The summed E-state index contributed by atoms with van der Waals surface area (Å²) in [6, 6.07) is 8.71. The topological polar surface area (TPSA) is 28.7 Å². The van der Waals surface area contributed by atoms with Gasteiger partial charge in [0.25, 0.3) is 0 Å². The lowest BCUT2D eigenvalue weighted by Gasteiger charge is -2.03. The fourth-order valence-corrected chi connectivity index (χ4v) is 2.28. The summed E-state index contributed by atoms with van der Waals surface area (Å²) >= 11 is 0. The standard InChI is InChI=1S/C12H12N2/c1-2-4-10-6-11(5-9(10)3-1)12-7-13-14-8-12/h1-4,7-8,11H,5-6H2,(H,13,14). The number of nitrogens with one attached hydrogen (secondary N) is 1. The highest BCUT2D eigenvalue weighted by Crippen LogP contribution is 2.32. The first kappa shape index (κ1) is 7.80. The van der Waals surface area contributed by atoms with Gasteiger partial charge in [-0.1, -0.05) is 24.3 Å². The molecule has 2 heteroatoms. The van der Waals surface area contributed by atoms with Crippen molar-refractivity contribution in [2.45, 2.75) is 18.8 Å². The van der Waals surface area contributed by atoms with Crippen molar-refractivity contribution in [2.24, 2.45) is 0 Å². The Morgan fingerprint density at radius 2 is 1.86 bits per heavy atom. The Hall–Kier alpha value is -1.57. The van der Waals surface area contributed by atoms with Crippen molar-refractivity contribution < 1.29 is 0 Å². The molecular weight excluding hydrogens is 172 g/mol. The van der Waals surface area contributed by atoms with Gasteiger partial charge in [-0.2, -0.15) is 5.10 Å². The van der Waals surface area contributed by atoms with E-state index in [-0.39, 0.29) is 0 Å². The molecule has 1 aliphatic rings. The maximum absolute atomic E-state index is 4.00. The number of H-pyrrole nitrogens is 1. The number of nitrogens with zero attached hydrogens (tertiary/aromatic N) is 1. The van der Waals surface area contributed by atoms with Crippen LogP contribution in [0.1, 0.15) is 22.6 Å². The Morgan fingerprint density at radius 1 is 1.14 bits per heavy atom. The first-order chi connectivity index (χ1) is 6.93. The maximum Gasteiger partial charge on any atom is 0.0522 e. The van der Waals surface area contributed by atoms with Crippen molar-refractivity contribution in [1.82, 2.24) is 10.2 Å². The molecule has 0 saturated carbocycles. The first-order valence-corrected chi connectivity index (χ1v) is 4.99. The van der Waals surface area contributed by atoms with Crippen molar-refractivity contribution in [3.63, 3.8) is 0 Å². The molecule has 0 radical (unpaired) electrons. The zero-order chi connectivity index (χ0) is 9.38. The molecule has 0 spiro atoms. The molecule has 0 unspecified atom stereocenters. The van der Waals surface area contributed by atoms with E-state index in [9.17, 15) is 0 Å². The molecule has 1 aliphatic carbocycles. The van der Waals surface area contributed by atoms with E-state index >= 15 is 0 Å². The van der Waals surface area contributed by atoms with Gasteiger partial charge >= 0.3 is 0 Å². The van der Waals surface area contributed by atoms with Crippen LogP contribution in [0.3, 0.4) is 0 Å². The Kier molecular flexibility index (Phi) is 1.66. The SMILES string of the molecule is c1ccc2c(c1)CC(c1cn[nH]c1)C2. The van der Waals surface area contributed by atoms with Crippen LogP contribution in [-0.2, 0) is 12.8 Å². The van der Waals surface area contributed by atoms with E-state index in [1.807, 2.05) is 12.4 Å². The van der Waals surface area contributed by atoms with E-state index in [0.717, 1.165) is 12.8 Å². The molecule has 0 aliphatic heterocycles.